The minimum atomic E-state index is -0.119. The van der Waals surface area contributed by atoms with Crippen molar-refractivity contribution < 1.29 is 28.6 Å². The molecular weight excluding hydrogens is 845 g/mol. The van der Waals surface area contributed by atoms with Gasteiger partial charge in [-0.15, -0.1) is 0 Å². The van der Waals surface area contributed by atoms with E-state index in [4.69, 9.17) is 14.2 Å². The standard InChI is InChI=1S/C60H106N2O6/c1-6-10-14-18-20-28-40-53(38-26-16-12-8-3)59(64)67-50-35-24-22-32-46-62(48-34-37-49-66-58(63)45-44-55-52-61(5)57-43-31-30-42-56(55)57)47-33-23-25-36-51-68-60(65)54(39-27-17-13-9-4)41-29-21-19-15-11-7-2/h30-31,42-43,52-54H,6-29,32-41,44-51H2,1-5H3. The average Bonchev–Trinajstić information content (AvgIpc) is 3.67. The summed E-state index contributed by atoms with van der Waals surface area (Å²) in [5, 5.41) is 1.21. The van der Waals surface area contributed by atoms with Crippen LogP contribution in [0.25, 0.3) is 10.9 Å². The molecule has 1 aromatic carbocycles. The second-order valence-electron chi connectivity index (χ2n) is 20.4. The van der Waals surface area contributed by atoms with Gasteiger partial charge in [-0.3, -0.25) is 14.4 Å². The molecule has 1 heterocycles. The van der Waals surface area contributed by atoms with Crippen LogP contribution in [0.4, 0.5) is 0 Å². The first-order valence-corrected chi connectivity index (χ1v) is 29.1. The van der Waals surface area contributed by atoms with Crippen LogP contribution >= 0.6 is 0 Å². The SMILES string of the molecule is CCCCCCCCC(CCCCCC)C(=O)OCCCCCCN(CCCCCCOC(=O)C(CCCCCC)CCCCCCCC)CCCCOC(=O)CCc1cn(C)c2ccccc12. The van der Waals surface area contributed by atoms with Gasteiger partial charge in [0.15, 0.2) is 0 Å². The number of unbranched alkanes of at least 4 members (excludes halogenated alkanes) is 23. The number of carbonyl (C=O) groups excluding carboxylic acids is 3. The number of ether oxygens (including phenoxy) is 3. The molecule has 0 bridgehead atoms. The Morgan fingerprint density at radius 3 is 1.32 bits per heavy atom. The lowest BCUT2D eigenvalue weighted by Gasteiger charge is -2.22. The number of para-hydroxylation sites is 1. The topological polar surface area (TPSA) is 87.1 Å². The molecule has 2 aromatic rings. The van der Waals surface area contributed by atoms with Gasteiger partial charge < -0.3 is 23.7 Å². The van der Waals surface area contributed by atoms with E-state index in [0.717, 1.165) is 135 Å². The number of esters is 3. The Morgan fingerprint density at radius 1 is 0.471 bits per heavy atom. The molecular formula is C60H106N2O6. The van der Waals surface area contributed by atoms with E-state index in [2.05, 4.69) is 74.7 Å². The highest BCUT2D eigenvalue weighted by Gasteiger charge is 2.21. The number of carbonyl (C=O) groups is 3. The largest absolute Gasteiger partial charge is 0.466 e. The summed E-state index contributed by atoms with van der Waals surface area (Å²) in [5.74, 6) is 0.0993. The van der Waals surface area contributed by atoms with Crippen LogP contribution in [0.2, 0.25) is 0 Å². The van der Waals surface area contributed by atoms with E-state index < -0.39 is 0 Å². The number of hydrogen-bond donors (Lipinski definition) is 0. The Bertz CT molecular complexity index is 1450. The van der Waals surface area contributed by atoms with E-state index >= 15 is 0 Å². The highest BCUT2D eigenvalue weighted by atomic mass is 16.5. The molecule has 1 aromatic heterocycles. The number of hydrogen-bond acceptors (Lipinski definition) is 7. The van der Waals surface area contributed by atoms with E-state index in [9.17, 15) is 14.4 Å². The molecule has 68 heavy (non-hydrogen) atoms. The number of rotatable bonds is 48. The van der Waals surface area contributed by atoms with Gasteiger partial charge in [-0.1, -0.05) is 200 Å². The number of nitrogens with zero attached hydrogens (tertiary/aromatic N) is 2. The van der Waals surface area contributed by atoms with Crippen LogP contribution in [0, 0.1) is 11.8 Å². The third-order valence-corrected chi connectivity index (χ3v) is 14.2. The van der Waals surface area contributed by atoms with Crippen molar-refractivity contribution >= 4 is 28.8 Å². The maximum Gasteiger partial charge on any atom is 0.308 e. The summed E-state index contributed by atoms with van der Waals surface area (Å²) in [5.41, 5.74) is 2.38. The number of aromatic nitrogens is 1. The van der Waals surface area contributed by atoms with Crippen molar-refractivity contribution in [2.45, 2.75) is 259 Å². The van der Waals surface area contributed by atoms with Crippen LogP contribution in [0.15, 0.2) is 30.5 Å². The molecule has 2 atom stereocenters. The summed E-state index contributed by atoms with van der Waals surface area (Å²) in [7, 11) is 2.05. The van der Waals surface area contributed by atoms with Gasteiger partial charge in [0, 0.05) is 30.6 Å². The van der Waals surface area contributed by atoms with Crippen LogP contribution < -0.4 is 0 Å². The lowest BCUT2D eigenvalue weighted by Crippen LogP contribution is -2.27. The van der Waals surface area contributed by atoms with E-state index in [1.54, 1.807) is 0 Å². The van der Waals surface area contributed by atoms with Crippen molar-refractivity contribution in [1.82, 2.24) is 9.47 Å². The molecule has 0 radical (unpaired) electrons. The molecule has 0 aliphatic carbocycles. The molecule has 0 fully saturated rings. The molecule has 8 nitrogen and oxygen atoms in total. The Balaban J connectivity index is 1.77. The van der Waals surface area contributed by atoms with Gasteiger partial charge in [-0.05, 0) is 102 Å². The van der Waals surface area contributed by atoms with E-state index in [1.165, 1.54) is 119 Å². The molecule has 0 aliphatic rings. The van der Waals surface area contributed by atoms with Gasteiger partial charge in [0.25, 0.3) is 0 Å². The second kappa shape index (κ2) is 43.0. The molecule has 0 saturated carbocycles. The maximum atomic E-state index is 13.2. The van der Waals surface area contributed by atoms with Crippen molar-refractivity contribution in [1.29, 1.82) is 0 Å². The van der Waals surface area contributed by atoms with Gasteiger partial charge in [0.2, 0.25) is 0 Å². The minimum Gasteiger partial charge on any atom is -0.466 e. The summed E-state index contributed by atoms with van der Waals surface area (Å²) in [4.78, 5) is 41.6. The zero-order valence-corrected chi connectivity index (χ0v) is 45.1. The molecule has 2 rings (SSSR count). The van der Waals surface area contributed by atoms with Gasteiger partial charge in [-0.2, -0.15) is 0 Å². The Kier molecular flexibility index (Phi) is 38.7. The average molecular weight is 952 g/mol. The summed E-state index contributed by atoms with van der Waals surface area (Å²) >= 11 is 0. The minimum absolute atomic E-state index is 0.0420. The van der Waals surface area contributed by atoms with Gasteiger partial charge in [-0.25, -0.2) is 0 Å². The third kappa shape index (κ3) is 30.7. The van der Waals surface area contributed by atoms with E-state index in [-0.39, 0.29) is 29.7 Å². The van der Waals surface area contributed by atoms with Crippen molar-refractivity contribution in [3.05, 3.63) is 36.0 Å². The molecule has 0 spiro atoms. The molecule has 392 valence electrons. The van der Waals surface area contributed by atoms with Crippen LogP contribution in [0.1, 0.15) is 258 Å². The molecule has 0 aliphatic heterocycles. The monoisotopic (exact) mass is 951 g/mol. The van der Waals surface area contributed by atoms with Crippen molar-refractivity contribution in [3.8, 4) is 0 Å². The molecule has 0 amide bonds. The fourth-order valence-corrected chi connectivity index (χ4v) is 9.79. The number of aryl methyl sites for hydroxylation is 2. The zero-order valence-electron chi connectivity index (χ0n) is 45.1. The first-order chi connectivity index (χ1) is 33.3. The van der Waals surface area contributed by atoms with Gasteiger partial charge in [0.05, 0.1) is 31.7 Å². The highest BCUT2D eigenvalue weighted by molar-refractivity contribution is 5.84. The third-order valence-electron chi connectivity index (χ3n) is 14.2. The predicted octanol–water partition coefficient (Wildman–Crippen LogP) is 16.6. The first kappa shape index (κ1) is 61.3. The van der Waals surface area contributed by atoms with Crippen molar-refractivity contribution in [2.24, 2.45) is 18.9 Å². The summed E-state index contributed by atoms with van der Waals surface area (Å²) in [6, 6.07) is 8.35. The summed E-state index contributed by atoms with van der Waals surface area (Å²) in [6.45, 7) is 13.7. The summed E-state index contributed by atoms with van der Waals surface area (Å²) in [6.07, 6.45) is 42.2. The van der Waals surface area contributed by atoms with Crippen molar-refractivity contribution in [3.63, 3.8) is 0 Å². The van der Waals surface area contributed by atoms with Crippen LogP contribution in [0.3, 0.4) is 0 Å². The maximum absolute atomic E-state index is 13.2. The van der Waals surface area contributed by atoms with E-state index in [1.807, 2.05) is 0 Å². The smallest absolute Gasteiger partial charge is 0.308 e. The van der Waals surface area contributed by atoms with Crippen LogP contribution in [-0.2, 0) is 42.1 Å². The fourth-order valence-electron chi connectivity index (χ4n) is 9.79. The lowest BCUT2D eigenvalue weighted by atomic mass is 9.94. The van der Waals surface area contributed by atoms with E-state index in [0.29, 0.717) is 32.7 Å². The summed E-state index contributed by atoms with van der Waals surface area (Å²) < 4.78 is 19.6. The first-order valence-electron chi connectivity index (χ1n) is 29.1. The Hall–Kier alpha value is -2.87. The lowest BCUT2D eigenvalue weighted by molar-refractivity contribution is -0.150. The Labute approximate surface area is 418 Å². The van der Waals surface area contributed by atoms with Gasteiger partial charge in [0.1, 0.15) is 0 Å². The molecule has 0 N–H and O–H groups in total. The Morgan fingerprint density at radius 2 is 0.838 bits per heavy atom. The molecule has 0 saturated heterocycles. The fraction of sp³-hybridized carbons (Fsp3) is 0.817. The van der Waals surface area contributed by atoms with Crippen molar-refractivity contribution in [2.75, 3.05) is 39.5 Å². The highest BCUT2D eigenvalue weighted by Crippen LogP contribution is 2.24. The second-order valence-corrected chi connectivity index (χ2v) is 20.4. The quantitative estimate of drug-likeness (QED) is 0.0371. The number of fused-ring (bicyclic) bond motifs is 1. The number of benzene rings is 1. The normalized spacial score (nSPS) is 12.5. The zero-order chi connectivity index (χ0) is 49.1. The van der Waals surface area contributed by atoms with Crippen LogP contribution in [-0.4, -0.2) is 66.8 Å². The van der Waals surface area contributed by atoms with Crippen LogP contribution in [0.5, 0.6) is 0 Å². The van der Waals surface area contributed by atoms with Gasteiger partial charge >= 0.3 is 17.9 Å². The predicted molar refractivity (Wildman–Crippen MR) is 287 cm³/mol. The molecule has 2 unspecified atom stereocenters. The molecule has 8 heteroatoms.